The van der Waals surface area contributed by atoms with Crippen LogP contribution in [0.2, 0.25) is 0 Å². The van der Waals surface area contributed by atoms with Gasteiger partial charge in [0, 0.05) is 19.0 Å². The standard InChI is InChI=1S/C30H35FN2O3/c1-4-22(3)32-30(35)28(19-24-9-7-6-8-10-24)33(20-25-11-15-26(31)16-12-25)29(34)21-36-27-17-13-23(5-2)14-18-27/h6-18,22,28H,4-5,19-21H2,1-3H3,(H,32,35)/t22-,28-/m0/s1. The molecule has 0 aromatic heterocycles. The number of carbonyl (C=O) groups excluding carboxylic acids is 2. The maximum Gasteiger partial charge on any atom is 0.261 e. The Labute approximate surface area is 213 Å². The van der Waals surface area contributed by atoms with Gasteiger partial charge in [0.15, 0.2) is 6.61 Å². The van der Waals surface area contributed by atoms with E-state index >= 15 is 0 Å². The molecule has 3 rings (SSSR count). The van der Waals surface area contributed by atoms with Crippen LogP contribution in [0, 0.1) is 5.82 Å². The molecule has 5 nitrogen and oxygen atoms in total. The number of nitrogens with zero attached hydrogens (tertiary/aromatic N) is 1. The van der Waals surface area contributed by atoms with Crippen LogP contribution >= 0.6 is 0 Å². The Morgan fingerprint density at radius 2 is 1.53 bits per heavy atom. The summed E-state index contributed by atoms with van der Waals surface area (Å²) < 4.78 is 19.3. The van der Waals surface area contributed by atoms with E-state index in [4.69, 9.17) is 4.74 Å². The number of nitrogens with one attached hydrogen (secondary N) is 1. The number of ether oxygens (including phenoxy) is 1. The van der Waals surface area contributed by atoms with Gasteiger partial charge in [-0.1, -0.05) is 68.4 Å². The van der Waals surface area contributed by atoms with E-state index in [0.29, 0.717) is 12.2 Å². The van der Waals surface area contributed by atoms with E-state index in [9.17, 15) is 14.0 Å². The largest absolute Gasteiger partial charge is 0.484 e. The summed E-state index contributed by atoms with van der Waals surface area (Å²) in [5.74, 6) is -0.313. The fraction of sp³-hybridized carbons (Fsp3) is 0.333. The second kappa shape index (κ2) is 13.4. The molecule has 2 atom stereocenters. The molecule has 0 aliphatic carbocycles. The van der Waals surface area contributed by atoms with Crippen LogP contribution in [0.4, 0.5) is 4.39 Å². The van der Waals surface area contributed by atoms with Crippen molar-refractivity contribution in [2.75, 3.05) is 6.61 Å². The van der Waals surface area contributed by atoms with Gasteiger partial charge in [0.05, 0.1) is 0 Å². The van der Waals surface area contributed by atoms with Gasteiger partial charge < -0.3 is 15.0 Å². The Balaban J connectivity index is 1.88. The van der Waals surface area contributed by atoms with Crippen molar-refractivity contribution in [2.24, 2.45) is 0 Å². The molecule has 0 saturated heterocycles. The maximum atomic E-state index is 13.5. The molecule has 0 aliphatic heterocycles. The van der Waals surface area contributed by atoms with E-state index < -0.39 is 6.04 Å². The summed E-state index contributed by atoms with van der Waals surface area (Å²) >= 11 is 0. The molecule has 3 aromatic rings. The monoisotopic (exact) mass is 490 g/mol. The number of benzene rings is 3. The van der Waals surface area contributed by atoms with E-state index in [2.05, 4.69) is 12.2 Å². The van der Waals surface area contributed by atoms with Crippen molar-refractivity contribution < 1.29 is 18.7 Å². The lowest BCUT2D eigenvalue weighted by molar-refractivity contribution is -0.143. The molecule has 0 unspecified atom stereocenters. The lowest BCUT2D eigenvalue weighted by Gasteiger charge is -2.32. The minimum atomic E-state index is -0.759. The Morgan fingerprint density at radius 3 is 2.14 bits per heavy atom. The highest BCUT2D eigenvalue weighted by Crippen LogP contribution is 2.17. The molecular formula is C30H35FN2O3. The predicted molar refractivity (Wildman–Crippen MR) is 140 cm³/mol. The van der Waals surface area contributed by atoms with Crippen LogP contribution < -0.4 is 10.1 Å². The normalized spacial score (nSPS) is 12.4. The van der Waals surface area contributed by atoms with Crippen LogP contribution in [-0.2, 0) is 29.0 Å². The number of rotatable bonds is 12. The van der Waals surface area contributed by atoms with Gasteiger partial charge in [-0.3, -0.25) is 9.59 Å². The average Bonchev–Trinajstić information content (AvgIpc) is 2.91. The first kappa shape index (κ1) is 26.9. The van der Waals surface area contributed by atoms with Gasteiger partial charge in [-0.15, -0.1) is 0 Å². The summed E-state index contributed by atoms with van der Waals surface area (Å²) in [6.45, 7) is 5.95. The number of hydrogen-bond donors (Lipinski definition) is 1. The van der Waals surface area contributed by atoms with Gasteiger partial charge in [-0.25, -0.2) is 4.39 Å². The van der Waals surface area contributed by atoms with E-state index in [0.717, 1.165) is 24.0 Å². The molecular weight excluding hydrogens is 455 g/mol. The molecule has 0 heterocycles. The van der Waals surface area contributed by atoms with E-state index in [-0.39, 0.29) is 36.8 Å². The third-order valence-electron chi connectivity index (χ3n) is 6.23. The molecule has 3 aromatic carbocycles. The predicted octanol–water partition coefficient (Wildman–Crippen LogP) is 5.32. The molecule has 190 valence electrons. The smallest absolute Gasteiger partial charge is 0.261 e. The Kier molecular flexibility index (Phi) is 10.0. The highest BCUT2D eigenvalue weighted by atomic mass is 19.1. The van der Waals surface area contributed by atoms with Gasteiger partial charge in [-0.05, 0) is 60.7 Å². The second-order valence-electron chi connectivity index (χ2n) is 8.96. The Hall–Kier alpha value is -3.67. The van der Waals surface area contributed by atoms with Crippen molar-refractivity contribution in [2.45, 2.75) is 58.7 Å². The Bertz CT molecular complexity index is 1100. The van der Waals surface area contributed by atoms with Crippen LogP contribution in [0.1, 0.15) is 43.9 Å². The van der Waals surface area contributed by atoms with Crippen LogP contribution in [0.15, 0.2) is 78.9 Å². The number of aryl methyl sites for hydroxylation is 1. The van der Waals surface area contributed by atoms with Crippen LogP contribution in [0.25, 0.3) is 0 Å². The molecule has 0 spiro atoms. The van der Waals surface area contributed by atoms with Crippen LogP contribution in [-0.4, -0.2) is 35.4 Å². The average molecular weight is 491 g/mol. The zero-order valence-electron chi connectivity index (χ0n) is 21.2. The first-order chi connectivity index (χ1) is 17.4. The van der Waals surface area contributed by atoms with Crippen molar-refractivity contribution in [3.05, 3.63) is 101 Å². The lowest BCUT2D eigenvalue weighted by Crippen LogP contribution is -2.53. The first-order valence-corrected chi connectivity index (χ1v) is 12.5. The molecule has 0 fully saturated rings. The fourth-order valence-electron chi connectivity index (χ4n) is 3.83. The highest BCUT2D eigenvalue weighted by Gasteiger charge is 2.31. The van der Waals surface area contributed by atoms with Gasteiger partial charge in [0.1, 0.15) is 17.6 Å². The summed E-state index contributed by atoms with van der Waals surface area (Å²) in [6, 6.07) is 22.4. The molecule has 0 radical (unpaired) electrons. The third-order valence-corrected chi connectivity index (χ3v) is 6.23. The van der Waals surface area contributed by atoms with E-state index in [1.165, 1.54) is 17.7 Å². The topological polar surface area (TPSA) is 58.6 Å². The number of amides is 2. The van der Waals surface area contributed by atoms with Gasteiger partial charge in [0.25, 0.3) is 5.91 Å². The van der Waals surface area contributed by atoms with Gasteiger partial charge >= 0.3 is 0 Å². The first-order valence-electron chi connectivity index (χ1n) is 12.5. The van der Waals surface area contributed by atoms with Crippen molar-refractivity contribution in [1.29, 1.82) is 0 Å². The molecule has 36 heavy (non-hydrogen) atoms. The SMILES string of the molecule is CCc1ccc(OCC(=O)N(Cc2ccc(F)cc2)[C@@H](Cc2ccccc2)C(=O)N[C@@H](C)CC)cc1. The lowest BCUT2D eigenvalue weighted by atomic mass is 10.0. The summed E-state index contributed by atoms with van der Waals surface area (Å²) in [4.78, 5) is 28.5. The molecule has 0 bridgehead atoms. The molecule has 1 N–H and O–H groups in total. The minimum Gasteiger partial charge on any atom is -0.484 e. The van der Waals surface area contributed by atoms with Crippen molar-refractivity contribution in [1.82, 2.24) is 10.2 Å². The summed E-state index contributed by atoms with van der Waals surface area (Å²) in [7, 11) is 0. The Morgan fingerprint density at radius 1 is 0.889 bits per heavy atom. The quantitative estimate of drug-likeness (QED) is 0.374. The van der Waals surface area contributed by atoms with Gasteiger partial charge in [-0.2, -0.15) is 0 Å². The van der Waals surface area contributed by atoms with Crippen LogP contribution in [0.3, 0.4) is 0 Å². The third kappa shape index (κ3) is 7.94. The second-order valence-corrected chi connectivity index (χ2v) is 8.96. The minimum absolute atomic E-state index is 0.0353. The van der Waals surface area contributed by atoms with Crippen LogP contribution in [0.5, 0.6) is 5.75 Å². The maximum absolute atomic E-state index is 13.5. The summed E-state index contributed by atoms with van der Waals surface area (Å²) in [6.07, 6.45) is 2.03. The van der Waals surface area contributed by atoms with Gasteiger partial charge in [0.2, 0.25) is 5.91 Å². The van der Waals surface area contributed by atoms with Crippen molar-refractivity contribution >= 4 is 11.8 Å². The summed E-state index contributed by atoms with van der Waals surface area (Å²) in [5, 5.41) is 3.03. The molecule has 0 saturated carbocycles. The van der Waals surface area contributed by atoms with E-state index in [1.54, 1.807) is 17.0 Å². The zero-order valence-corrected chi connectivity index (χ0v) is 21.2. The molecule has 0 aliphatic rings. The molecule has 2 amide bonds. The summed E-state index contributed by atoms with van der Waals surface area (Å²) in [5.41, 5.74) is 2.84. The number of hydrogen-bond acceptors (Lipinski definition) is 3. The number of carbonyl (C=O) groups is 2. The van der Waals surface area contributed by atoms with Crippen molar-refractivity contribution in [3.8, 4) is 5.75 Å². The molecule has 6 heteroatoms. The zero-order chi connectivity index (χ0) is 25.9. The fourth-order valence-corrected chi connectivity index (χ4v) is 3.83. The number of halogens is 1. The van der Waals surface area contributed by atoms with E-state index in [1.807, 2.05) is 68.4 Å². The highest BCUT2D eigenvalue weighted by molar-refractivity contribution is 5.88. The van der Waals surface area contributed by atoms with Crippen molar-refractivity contribution in [3.63, 3.8) is 0 Å².